The van der Waals surface area contributed by atoms with Crippen molar-refractivity contribution in [3.05, 3.63) is 124 Å². The predicted molar refractivity (Wildman–Crippen MR) is 164 cm³/mol. The molecule has 0 bridgehead atoms. The van der Waals surface area contributed by atoms with Gasteiger partial charge in [-0.2, -0.15) is 0 Å². The number of rotatable bonds is 10. The van der Waals surface area contributed by atoms with E-state index < -0.39 is 16.9 Å². The molecule has 12 heteroatoms. The standard InChI is InChI=1S/C32H29N3O8S/c1-5-42-31(37)28-19(2)33-32-34(29(28)22-11-14-25(40-3)26(17-22)41-4)30(36)27(44-32)16-21-7-6-8-24(15-21)43-18-20-9-12-23(13-10-20)35(38)39/h6-17,29H,5,18H2,1-4H3/t29-/m1/s1. The topological polar surface area (TPSA) is 131 Å². The number of methoxy groups -OCH3 is 2. The number of ether oxygens (including phenoxy) is 4. The first-order valence-corrected chi connectivity index (χ1v) is 14.4. The van der Waals surface area contributed by atoms with E-state index in [-0.39, 0.29) is 30.0 Å². The first kappa shape index (κ1) is 30.2. The maximum atomic E-state index is 14.0. The van der Waals surface area contributed by atoms with Gasteiger partial charge in [-0.05, 0) is 73.0 Å². The van der Waals surface area contributed by atoms with E-state index in [4.69, 9.17) is 18.9 Å². The number of nitro benzene ring substituents is 1. The van der Waals surface area contributed by atoms with E-state index in [1.54, 1.807) is 62.4 Å². The smallest absolute Gasteiger partial charge is 0.338 e. The molecule has 226 valence electrons. The number of non-ortho nitro benzene ring substituents is 1. The van der Waals surface area contributed by atoms with Gasteiger partial charge in [-0.25, -0.2) is 9.79 Å². The number of carbonyl (C=O) groups is 1. The Morgan fingerprint density at radius 2 is 1.82 bits per heavy atom. The molecule has 0 fully saturated rings. The molecular formula is C32H29N3O8S. The molecule has 1 aromatic heterocycles. The van der Waals surface area contributed by atoms with Crippen LogP contribution in [0.25, 0.3) is 6.08 Å². The minimum Gasteiger partial charge on any atom is -0.493 e. The fourth-order valence-corrected chi connectivity index (χ4v) is 5.90. The van der Waals surface area contributed by atoms with Crippen LogP contribution in [-0.2, 0) is 16.1 Å². The molecule has 1 atom stereocenters. The van der Waals surface area contributed by atoms with Crippen molar-refractivity contribution in [1.82, 2.24) is 4.57 Å². The van der Waals surface area contributed by atoms with E-state index in [1.807, 2.05) is 12.1 Å². The average molecular weight is 616 g/mol. The van der Waals surface area contributed by atoms with Crippen LogP contribution in [0.4, 0.5) is 5.69 Å². The van der Waals surface area contributed by atoms with Crippen LogP contribution in [0.3, 0.4) is 0 Å². The third kappa shape index (κ3) is 6.11. The van der Waals surface area contributed by atoms with Crippen LogP contribution < -0.4 is 29.1 Å². The van der Waals surface area contributed by atoms with Gasteiger partial charge in [0.25, 0.3) is 11.2 Å². The lowest BCUT2D eigenvalue weighted by molar-refractivity contribution is -0.384. The molecule has 1 aliphatic rings. The third-order valence-electron chi connectivity index (χ3n) is 6.95. The minimum atomic E-state index is -0.802. The summed E-state index contributed by atoms with van der Waals surface area (Å²) in [5.41, 5.74) is 2.54. The van der Waals surface area contributed by atoms with Gasteiger partial charge in [-0.3, -0.25) is 19.5 Å². The summed E-state index contributed by atoms with van der Waals surface area (Å²) in [5.74, 6) is 0.975. The average Bonchev–Trinajstić information content (AvgIpc) is 3.33. The number of esters is 1. The summed E-state index contributed by atoms with van der Waals surface area (Å²) in [7, 11) is 3.05. The molecule has 3 aromatic carbocycles. The SMILES string of the molecule is CCOC(=O)C1=C(C)N=c2sc(=Cc3cccc(OCc4ccc([N+](=O)[O-])cc4)c3)c(=O)n2[C@@H]1c1ccc(OC)c(OC)c1. The van der Waals surface area contributed by atoms with Gasteiger partial charge in [-0.15, -0.1) is 0 Å². The van der Waals surface area contributed by atoms with E-state index in [2.05, 4.69) is 4.99 Å². The zero-order valence-corrected chi connectivity index (χ0v) is 25.3. The molecule has 0 aliphatic carbocycles. The van der Waals surface area contributed by atoms with Gasteiger partial charge < -0.3 is 18.9 Å². The summed E-state index contributed by atoms with van der Waals surface area (Å²) in [6.45, 7) is 3.83. The molecule has 2 heterocycles. The van der Waals surface area contributed by atoms with Crippen LogP contribution in [0.15, 0.2) is 87.8 Å². The number of nitrogens with zero attached hydrogens (tertiary/aromatic N) is 3. The van der Waals surface area contributed by atoms with Gasteiger partial charge in [0, 0.05) is 12.1 Å². The number of carbonyl (C=O) groups excluding carboxylic acids is 1. The lowest BCUT2D eigenvalue weighted by atomic mass is 9.95. The maximum Gasteiger partial charge on any atom is 0.338 e. The lowest BCUT2D eigenvalue weighted by Gasteiger charge is -2.25. The number of allylic oxidation sites excluding steroid dienone is 1. The Hall–Kier alpha value is -5.23. The van der Waals surface area contributed by atoms with Gasteiger partial charge in [0.1, 0.15) is 12.4 Å². The zero-order chi connectivity index (χ0) is 31.4. The van der Waals surface area contributed by atoms with Gasteiger partial charge in [0.05, 0.1) is 47.6 Å². The van der Waals surface area contributed by atoms with Gasteiger partial charge in [0.15, 0.2) is 16.3 Å². The van der Waals surface area contributed by atoms with Crippen LogP contribution in [-0.4, -0.2) is 36.3 Å². The van der Waals surface area contributed by atoms with Gasteiger partial charge in [-0.1, -0.05) is 29.5 Å². The monoisotopic (exact) mass is 615 g/mol. The Balaban J connectivity index is 1.53. The molecule has 0 amide bonds. The summed E-state index contributed by atoms with van der Waals surface area (Å²) >= 11 is 1.21. The number of hydrogen-bond donors (Lipinski definition) is 0. The minimum absolute atomic E-state index is 0.00940. The molecule has 44 heavy (non-hydrogen) atoms. The van der Waals surface area contributed by atoms with Crippen molar-refractivity contribution in [3.8, 4) is 17.2 Å². The van der Waals surface area contributed by atoms with Crippen LogP contribution >= 0.6 is 11.3 Å². The van der Waals surface area contributed by atoms with Crippen LogP contribution in [0.1, 0.15) is 36.6 Å². The van der Waals surface area contributed by atoms with Crippen molar-refractivity contribution < 1.29 is 28.7 Å². The second-order valence-electron chi connectivity index (χ2n) is 9.70. The number of thiazole rings is 1. The summed E-state index contributed by atoms with van der Waals surface area (Å²) in [6, 6.07) is 17.8. The Bertz CT molecular complexity index is 1940. The molecule has 4 aromatic rings. The summed E-state index contributed by atoms with van der Waals surface area (Å²) in [4.78, 5) is 42.6. The van der Waals surface area contributed by atoms with E-state index >= 15 is 0 Å². The molecule has 5 rings (SSSR count). The molecule has 11 nitrogen and oxygen atoms in total. The van der Waals surface area contributed by atoms with E-state index in [0.29, 0.717) is 37.8 Å². The number of nitro groups is 1. The summed E-state index contributed by atoms with van der Waals surface area (Å²) in [5, 5.41) is 10.9. The van der Waals surface area contributed by atoms with Gasteiger partial charge >= 0.3 is 5.97 Å². The van der Waals surface area contributed by atoms with Crippen LogP contribution in [0.5, 0.6) is 17.2 Å². The van der Waals surface area contributed by atoms with E-state index in [0.717, 1.165) is 11.1 Å². The fraction of sp³-hybridized carbons (Fsp3) is 0.219. The molecule has 0 saturated heterocycles. The normalized spacial score (nSPS) is 14.5. The Morgan fingerprint density at radius 3 is 2.50 bits per heavy atom. The molecule has 1 aliphatic heterocycles. The highest BCUT2D eigenvalue weighted by atomic mass is 32.1. The Kier molecular flexibility index (Phi) is 8.91. The second kappa shape index (κ2) is 13.0. The molecule has 0 unspecified atom stereocenters. The lowest BCUT2D eigenvalue weighted by Crippen LogP contribution is -2.39. The Morgan fingerprint density at radius 1 is 1.07 bits per heavy atom. The quantitative estimate of drug-likeness (QED) is 0.147. The van der Waals surface area contributed by atoms with Crippen LogP contribution in [0.2, 0.25) is 0 Å². The van der Waals surface area contributed by atoms with Crippen molar-refractivity contribution in [2.75, 3.05) is 20.8 Å². The largest absolute Gasteiger partial charge is 0.493 e. The van der Waals surface area contributed by atoms with Crippen molar-refractivity contribution in [2.45, 2.75) is 26.5 Å². The number of fused-ring (bicyclic) bond motifs is 1. The molecule has 0 N–H and O–H groups in total. The van der Waals surface area contributed by atoms with Crippen molar-refractivity contribution in [1.29, 1.82) is 0 Å². The highest BCUT2D eigenvalue weighted by molar-refractivity contribution is 7.07. The molecular weight excluding hydrogens is 586 g/mol. The number of benzene rings is 3. The van der Waals surface area contributed by atoms with E-state index in [9.17, 15) is 19.7 Å². The number of aromatic nitrogens is 1. The Labute approximate surface area is 256 Å². The van der Waals surface area contributed by atoms with Crippen molar-refractivity contribution in [3.63, 3.8) is 0 Å². The highest BCUT2D eigenvalue weighted by Crippen LogP contribution is 2.36. The molecule has 0 saturated carbocycles. The van der Waals surface area contributed by atoms with Crippen molar-refractivity contribution >= 4 is 29.1 Å². The third-order valence-corrected chi connectivity index (χ3v) is 7.93. The van der Waals surface area contributed by atoms with Gasteiger partial charge in [0.2, 0.25) is 0 Å². The summed E-state index contributed by atoms with van der Waals surface area (Å²) in [6.07, 6.45) is 1.75. The summed E-state index contributed by atoms with van der Waals surface area (Å²) < 4.78 is 24.1. The maximum absolute atomic E-state index is 14.0. The zero-order valence-electron chi connectivity index (χ0n) is 24.4. The van der Waals surface area contributed by atoms with Crippen LogP contribution in [0, 0.1) is 10.1 Å². The second-order valence-corrected chi connectivity index (χ2v) is 10.7. The fourth-order valence-electron chi connectivity index (χ4n) is 4.86. The van der Waals surface area contributed by atoms with E-state index in [1.165, 1.54) is 42.3 Å². The highest BCUT2D eigenvalue weighted by Gasteiger charge is 2.34. The number of hydrogen-bond acceptors (Lipinski definition) is 10. The first-order chi connectivity index (χ1) is 21.2. The van der Waals surface area contributed by atoms with Crippen molar-refractivity contribution in [2.24, 2.45) is 4.99 Å². The molecule has 0 spiro atoms. The predicted octanol–water partition coefficient (Wildman–Crippen LogP) is 4.30. The molecule has 0 radical (unpaired) electrons. The first-order valence-electron chi connectivity index (χ1n) is 13.6.